The highest BCUT2D eigenvalue weighted by molar-refractivity contribution is 8.36. The molecule has 2 N–H and O–H groups in total. The van der Waals surface area contributed by atoms with Gasteiger partial charge in [0.05, 0.1) is 17.1 Å². The minimum atomic E-state index is -2.25. The fourth-order valence-electron chi connectivity index (χ4n) is 1.90. The number of hydrogen-bond acceptors (Lipinski definition) is 4. The van der Waals surface area contributed by atoms with Gasteiger partial charge in [-0.25, -0.2) is 8.78 Å². The van der Waals surface area contributed by atoms with Crippen LogP contribution in [-0.4, -0.2) is 15.4 Å². The van der Waals surface area contributed by atoms with Gasteiger partial charge < -0.3 is 13.5 Å². The Bertz CT molecular complexity index is 715. The van der Waals surface area contributed by atoms with Crippen LogP contribution < -0.4 is 8.91 Å². The SMILES string of the molecule is CCS(O)(CSOc1ccc(C)c(C)c1)Nc1ccc(F)c(F)c1. The molecule has 0 aliphatic carbocycles. The Morgan fingerprint density at radius 2 is 1.83 bits per heavy atom. The Hall–Kier alpha value is -1.44. The van der Waals surface area contributed by atoms with E-state index in [0.29, 0.717) is 22.3 Å². The molecule has 24 heavy (non-hydrogen) atoms. The lowest BCUT2D eigenvalue weighted by molar-refractivity contribution is 0.509. The van der Waals surface area contributed by atoms with Gasteiger partial charge in [0.2, 0.25) is 0 Å². The van der Waals surface area contributed by atoms with Crippen LogP contribution in [0.3, 0.4) is 0 Å². The van der Waals surface area contributed by atoms with Gasteiger partial charge in [-0.1, -0.05) is 23.5 Å². The van der Waals surface area contributed by atoms with E-state index in [1.54, 1.807) is 0 Å². The first kappa shape index (κ1) is 18.9. The molecule has 0 aliphatic rings. The summed E-state index contributed by atoms with van der Waals surface area (Å²) in [5, 5.41) is 0.301. The summed E-state index contributed by atoms with van der Waals surface area (Å²) in [4.78, 5) is 0. The van der Waals surface area contributed by atoms with Gasteiger partial charge >= 0.3 is 0 Å². The molecule has 2 aromatic carbocycles. The number of benzene rings is 2. The third-order valence-corrected chi connectivity index (χ3v) is 7.41. The second-order valence-corrected chi connectivity index (χ2v) is 9.24. The summed E-state index contributed by atoms with van der Waals surface area (Å²) in [5.74, 6) is -0.691. The van der Waals surface area contributed by atoms with Crippen molar-refractivity contribution in [3.63, 3.8) is 0 Å². The van der Waals surface area contributed by atoms with Crippen LogP contribution in [0.2, 0.25) is 0 Å². The van der Waals surface area contributed by atoms with Crippen molar-refractivity contribution in [1.29, 1.82) is 0 Å². The molecule has 0 saturated heterocycles. The van der Waals surface area contributed by atoms with Crippen LogP contribution in [0.1, 0.15) is 18.1 Å². The van der Waals surface area contributed by atoms with E-state index in [1.807, 2.05) is 39.0 Å². The highest BCUT2D eigenvalue weighted by Gasteiger charge is 2.20. The molecule has 1 atom stereocenters. The minimum absolute atomic E-state index is 0.301. The molecule has 0 bridgehead atoms. The van der Waals surface area contributed by atoms with E-state index in [1.165, 1.54) is 11.6 Å². The molecule has 3 nitrogen and oxygen atoms in total. The predicted molar refractivity (Wildman–Crippen MR) is 99.7 cm³/mol. The molecule has 0 aromatic heterocycles. The highest BCUT2D eigenvalue weighted by Crippen LogP contribution is 2.46. The average molecular weight is 373 g/mol. The molecule has 132 valence electrons. The maximum Gasteiger partial charge on any atom is 0.160 e. The minimum Gasteiger partial charge on any atom is -0.425 e. The van der Waals surface area contributed by atoms with Crippen LogP contribution in [0.5, 0.6) is 5.75 Å². The molecular formula is C17H21F2NO2S2. The molecule has 0 saturated carbocycles. The molecule has 0 fully saturated rings. The van der Waals surface area contributed by atoms with Crippen LogP contribution in [0.25, 0.3) is 0 Å². The van der Waals surface area contributed by atoms with Gasteiger partial charge in [0.15, 0.2) is 11.6 Å². The fraction of sp³-hybridized carbons (Fsp3) is 0.294. The van der Waals surface area contributed by atoms with Crippen molar-refractivity contribution < 1.29 is 17.5 Å². The predicted octanol–water partition coefficient (Wildman–Crippen LogP) is 5.89. The zero-order valence-electron chi connectivity index (χ0n) is 13.8. The number of anilines is 1. The second-order valence-electron chi connectivity index (χ2n) is 5.43. The van der Waals surface area contributed by atoms with Gasteiger partial charge in [0.25, 0.3) is 0 Å². The van der Waals surface area contributed by atoms with Gasteiger partial charge in [-0.05, 0) is 49.2 Å². The Labute approximate surface area is 147 Å². The first-order chi connectivity index (χ1) is 11.3. The van der Waals surface area contributed by atoms with Gasteiger partial charge in [-0.2, -0.15) is 0 Å². The van der Waals surface area contributed by atoms with Crippen LogP contribution in [-0.2, 0) is 0 Å². The maximum absolute atomic E-state index is 13.3. The van der Waals surface area contributed by atoms with Crippen molar-refractivity contribution in [1.82, 2.24) is 0 Å². The summed E-state index contributed by atoms with van der Waals surface area (Å²) in [6, 6.07) is 9.26. The summed E-state index contributed by atoms with van der Waals surface area (Å²) in [6.45, 7) is 5.86. The zero-order valence-corrected chi connectivity index (χ0v) is 15.4. The molecule has 2 aromatic rings. The lowest BCUT2D eigenvalue weighted by Crippen LogP contribution is -2.15. The fourth-order valence-corrected chi connectivity index (χ4v) is 4.58. The lowest BCUT2D eigenvalue weighted by atomic mass is 10.1. The van der Waals surface area contributed by atoms with Crippen molar-refractivity contribution in [3.05, 3.63) is 59.2 Å². The Morgan fingerprint density at radius 3 is 2.46 bits per heavy atom. The molecule has 1 unspecified atom stereocenters. The van der Waals surface area contributed by atoms with Gasteiger partial charge in [-0.3, -0.25) is 0 Å². The van der Waals surface area contributed by atoms with Crippen molar-refractivity contribution >= 4 is 28.2 Å². The third-order valence-electron chi connectivity index (χ3n) is 3.58. The van der Waals surface area contributed by atoms with Gasteiger partial charge in [-0.15, -0.1) is 0 Å². The van der Waals surface area contributed by atoms with Gasteiger partial charge in [0, 0.05) is 17.5 Å². The smallest absolute Gasteiger partial charge is 0.160 e. The first-order valence-corrected chi connectivity index (χ1v) is 10.3. The second kappa shape index (κ2) is 8.09. The standard InChI is InChI=1S/C17H21F2NO2S2/c1-4-24(21,20-14-6-8-16(18)17(19)10-14)11-23-22-15-7-5-12(2)13(3)9-15/h5-10,20-21H,4,11H2,1-3H3. The highest BCUT2D eigenvalue weighted by atomic mass is 32.3. The van der Waals surface area contributed by atoms with Crippen LogP contribution in [0.4, 0.5) is 14.5 Å². The molecule has 7 heteroatoms. The van der Waals surface area contributed by atoms with Crippen molar-refractivity contribution in [3.8, 4) is 5.75 Å². The monoisotopic (exact) mass is 373 g/mol. The zero-order chi connectivity index (χ0) is 17.7. The van der Waals surface area contributed by atoms with E-state index < -0.39 is 22.1 Å². The Balaban J connectivity index is 1.96. The third kappa shape index (κ3) is 5.03. The quantitative estimate of drug-likeness (QED) is 0.594. The van der Waals surface area contributed by atoms with E-state index in [0.717, 1.165) is 29.7 Å². The topological polar surface area (TPSA) is 41.5 Å². The van der Waals surface area contributed by atoms with E-state index in [9.17, 15) is 13.3 Å². The number of halogens is 2. The molecule has 0 amide bonds. The van der Waals surface area contributed by atoms with Crippen molar-refractivity contribution in [2.24, 2.45) is 0 Å². The van der Waals surface area contributed by atoms with E-state index >= 15 is 0 Å². The molecular weight excluding hydrogens is 352 g/mol. The van der Waals surface area contributed by atoms with Crippen LogP contribution in [0.15, 0.2) is 36.4 Å². The van der Waals surface area contributed by atoms with Crippen LogP contribution in [0, 0.1) is 25.5 Å². The van der Waals surface area contributed by atoms with E-state index in [2.05, 4.69) is 4.72 Å². The Kier molecular flexibility index (Phi) is 6.37. The van der Waals surface area contributed by atoms with Gasteiger partial charge in [0.1, 0.15) is 5.75 Å². The largest absolute Gasteiger partial charge is 0.425 e. The van der Waals surface area contributed by atoms with Crippen molar-refractivity contribution in [2.75, 3.05) is 15.6 Å². The van der Waals surface area contributed by atoms with E-state index in [-0.39, 0.29) is 0 Å². The Morgan fingerprint density at radius 1 is 1.08 bits per heavy atom. The number of aryl methyl sites for hydroxylation is 2. The summed E-state index contributed by atoms with van der Waals surface area (Å²) in [7, 11) is -2.25. The molecule has 0 radical (unpaired) electrons. The summed E-state index contributed by atoms with van der Waals surface area (Å²) < 4.78 is 45.5. The lowest BCUT2D eigenvalue weighted by Gasteiger charge is -2.33. The molecule has 0 aliphatic heterocycles. The van der Waals surface area contributed by atoms with Crippen LogP contribution >= 0.6 is 22.5 Å². The average Bonchev–Trinajstić information content (AvgIpc) is 2.54. The normalized spacial score (nSPS) is 14.8. The molecule has 0 spiro atoms. The maximum atomic E-state index is 13.3. The summed E-state index contributed by atoms with van der Waals surface area (Å²) >= 11 is 1.14. The van der Waals surface area contributed by atoms with E-state index in [4.69, 9.17) is 4.18 Å². The number of hydrogen-bond donors (Lipinski definition) is 2. The first-order valence-electron chi connectivity index (χ1n) is 7.43. The number of nitrogens with one attached hydrogen (secondary N) is 1. The molecule has 0 heterocycles. The molecule has 2 rings (SSSR count). The number of rotatable bonds is 7. The van der Waals surface area contributed by atoms with Crippen molar-refractivity contribution in [2.45, 2.75) is 20.8 Å². The summed E-state index contributed by atoms with van der Waals surface area (Å²) in [5.41, 5.74) is 2.66. The summed E-state index contributed by atoms with van der Waals surface area (Å²) in [6.07, 6.45) is 0.